The van der Waals surface area contributed by atoms with Crippen LogP contribution in [-0.4, -0.2) is 40.4 Å². The first-order valence-electron chi connectivity index (χ1n) is 3.49. The van der Waals surface area contributed by atoms with Crippen LogP contribution in [0, 0.1) is 5.41 Å². The van der Waals surface area contributed by atoms with E-state index in [1.54, 1.807) is 6.92 Å². The van der Waals surface area contributed by atoms with Gasteiger partial charge in [-0.05, 0) is 6.42 Å². The first-order chi connectivity index (χ1) is 5.63. The van der Waals surface area contributed by atoms with Crippen molar-refractivity contribution in [1.82, 2.24) is 0 Å². The van der Waals surface area contributed by atoms with Crippen molar-refractivity contribution in [3.05, 3.63) is 0 Å². The predicted molar refractivity (Wildman–Crippen MR) is 43.8 cm³/mol. The van der Waals surface area contributed by atoms with Crippen molar-refractivity contribution in [3.8, 4) is 0 Å². The average molecular weight is 168 g/mol. The van der Waals surface area contributed by atoms with Gasteiger partial charge in [0.2, 0.25) is 0 Å². The van der Waals surface area contributed by atoms with Gasteiger partial charge in [-0.3, -0.25) is 4.79 Å². The van der Waals surface area contributed by atoms with Gasteiger partial charge in [-0.1, -0.05) is 6.92 Å². The summed E-state index contributed by atoms with van der Waals surface area (Å²) < 4.78 is 8.59. The van der Waals surface area contributed by atoms with E-state index in [1.165, 1.54) is 0 Å². The van der Waals surface area contributed by atoms with E-state index in [2.05, 4.69) is 9.31 Å². The molecule has 0 atom stereocenters. The molecule has 0 aromatic carbocycles. The predicted octanol–water partition coefficient (Wildman–Crippen LogP) is -0.332. The molecule has 0 saturated heterocycles. The highest BCUT2D eigenvalue weighted by atomic mass is 16.4. The molecule has 4 nitrogen and oxygen atoms in total. The first-order valence-corrected chi connectivity index (χ1v) is 3.49. The lowest BCUT2D eigenvalue weighted by Gasteiger charge is -2.26. The maximum absolute atomic E-state index is 10.8. The third-order valence-electron chi connectivity index (χ3n) is 1.85. The molecule has 1 N–H and O–H groups in total. The molecular formula is C6H10B2O4. The molecule has 64 valence electrons. The minimum Gasteiger partial charge on any atom is -0.481 e. The molecule has 0 amide bonds. The van der Waals surface area contributed by atoms with Crippen LogP contribution in [0.15, 0.2) is 0 Å². The quantitative estimate of drug-likeness (QED) is 0.551. The molecule has 0 aliphatic heterocycles. The molecule has 0 aromatic rings. The maximum Gasteiger partial charge on any atom is 0.314 e. The summed E-state index contributed by atoms with van der Waals surface area (Å²) in [7, 11) is 9.60. The van der Waals surface area contributed by atoms with Gasteiger partial charge in [-0.25, -0.2) is 0 Å². The molecule has 0 aliphatic rings. The number of rotatable bonds is 6. The van der Waals surface area contributed by atoms with Crippen molar-refractivity contribution in [2.45, 2.75) is 13.3 Å². The number of carboxylic acid groups (broad SMARTS) is 1. The number of carboxylic acids is 1. The van der Waals surface area contributed by atoms with E-state index in [1.807, 2.05) is 0 Å². The highest BCUT2D eigenvalue weighted by molar-refractivity contribution is 5.98. The smallest absolute Gasteiger partial charge is 0.314 e. The fourth-order valence-electron chi connectivity index (χ4n) is 0.840. The van der Waals surface area contributed by atoms with Gasteiger partial charge in [-0.15, -0.1) is 0 Å². The molecule has 6 heteroatoms. The molecule has 0 aliphatic carbocycles. The van der Waals surface area contributed by atoms with E-state index in [9.17, 15) is 4.79 Å². The van der Waals surface area contributed by atoms with Gasteiger partial charge in [0.25, 0.3) is 16.1 Å². The molecule has 0 fully saturated rings. The molecule has 0 bridgehead atoms. The van der Waals surface area contributed by atoms with E-state index < -0.39 is 11.4 Å². The summed E-state index contributed by atoms with van der Waals surface area (Å²) in [6.07, 6.45) is 0.344. The van der Waals surface area contributed by atoms with Crippen molar-refractivity contribution in [1.29, 1.82) is 0 Å². The Morgan fingerprint density at radius 3 is 2.00 bits per heavy atom. The Morgan fingerprint density at radius 2 is 1.83 bits per heavy atom. The van der Waals surface area contributed by atoms with Crippen molar-refractivity contribution in [2.75, 3.05) is 13.2 Å². The molecule has 12 heavy (non-hydrogen) atoms. The van der Waals surface area contributed by atoms with Crippen LogP contribution in [0.5, 0.6) is 0 Å². The van der Waals surface area contributed by atoms with E-state index in [4.69, 9.17) is 21.2 Å². The van der Waals surface area contributed by atoms with E-state index in [0.717, 1.165) is 0 Å². The van der Waals surface area contributed by atoms with Gasteiger partial charge >= 0.3 is 5.97 Å². The number of carbonyl (C=O) groups is 1. The minimum atomic E-state index is -1.14. The van der Waals surface area contributed by atoms with Crippen LogP contribution < -0.4 is 0 Å². The van der Waals surface area contributed by atoms with Gasteiger partial charge in [0.1, 0.15) is 5.41 Å². The van der Waals surface area contributed by atoms with Crippen LogP contribution in [-0.2, 0) is 14.1 Å². The van der Waals surface area contributed by atoms with Gasteiger partial charge in [0.15, 0.2) is 0 Å². The van der Waals surface area contributed by atoms with E-state index in [0.29, 0.717) is 6.42 Å². The molecule has 0 spiro atoms. The SMILES string of the molecule is [B]OCC(CC)(CO[B])C(=O)O. The van der Waals surface area contributed by atoms with Crippen molar-refractivity contribution in [3.63, 3.8) is 0 Å². The second-order valence-corrected chi connectivity index (χ2v) is 2.56. The van der Waals surface area contributed by atoms with Crippen molar-refractivity contribution in [2.24, 2.45) is 5.41 Å². The largest absolute Gasteiger partial charge is 0.481 e. The Labute approximate surface area is 74.1 Å². The van der Waals surface area contributed by atoms with Crippen LogP contribution in [0.25, 0.3) is 0 Å². The molecule has 0 unspecified atom stereocenters. The lowest BCUT2D eigenvalue weighted by Crippen LogP contribution is -2.39. The summed E-state index contributed by atoms with van der Waals surface area (Å²) >= 11 is 0. The lowest BCUT2D eigenvalue weighted by molar-refractivity contribution is -0.153. The summed E-state index contributed by atoms with van der Waals surface area (Å²) in [4.78, 5) is 10.8. The molecule has 0 heterocycles. The van der Waals surface area contributed by atoms with Crippen LogP contribution >= 0.6 is 0 Å². The summed E-state index contributed by atoms with van der Waals surface area (Å²) in [5.41, 5.74) is -1.14. The highest BCUT2D eigenvalue weighted by Gasteiger charge is 2.36. The second-order valence-electron chi connectivity index (χ2n) is 2.56. The van der Waals surface area contributed by atoms with Gasteiger partial charge in [-0.2, -0.15) is 0 Å². The van der Waals surface area contributed by atoms with Crippen LogP contribution in [0.3, 0.4) is 0 Å². The zero-order valence-corrected chi connectivity index (χ0v) is 6.95. The van der Waals surface area contributed by atoms with Crippen molar-refractivity contribution < 1.29 is 19.2 Å². The molecule has 0 saturated carbocycles. The minimum absolute atomic E-state index is 0.115. The number of aliphatic carboxylic acids is 1. The van der Waals surface area contributed by atoms with Crippen LogP contribution in [0.1, 0.15) is 13.3 Å². The maximum atomic E-state index is 10.8. The molecule has 0 aromatic heterocycles. The fourth-order valence-corrected chi connectivity index (χ4v) is 0.840. The first kappa shape index (κ1) is 11.5. The summed E-state index contributed by atoms with van der Waals surface area (Å²) in [6, 6.07) is 0. The fraction of sp³-hybridized carbons (Fsp3) is 0.833. The van der Waals surface area contributed by atoms with Crippen molar-refractivity contribution >= 4 is 22.1 Å². The molecular weight excluding hydrogens is 158 g/mol. The Balaban J connectivity index is 4.39. The third-order valence-corrected chi connectivity index (χ3v) is 1.85. The normalized spacial score (nSPS) is 11.4. The van der Waals surface area contributed by atoms with Crippen LogP contribution in [0.2, 0.25) is 0 Å². The average Bonchev–Trinajstić information content (AvgIpc) is 2.03. The summed E-state index contributed by atoms with van der Waals surface area (Å²) in [6.45, 7) is 1.47. The van der Waals surface area contributed by atoms with Gasteiger partial charge in [0.05, 0.1) is 0 Å². The highest BCUT2D eigenvalue weighted by Crippen LogP contribution is 2.22. The molecule has 4 radical (unpaired) electrons. The van der Waals surface area contributed by atoms with Gasteiger partial charge in [0, 0.05) is 13.2 Å². The van der Waals surface area contributed by atoms with E-state index in [-0.39, 0.29) is 13.2 Å². The monoisotopic (exact) mass is 168 g/mol. The zero-order chi connectivity index (χ0) is 9.61. The Morgan fingerprint density at radius 1 is 1.42 bits per heavy atom. The lowest BCUT2D eigenvalue weighted by atomic mass is 9.87. The summed E-state index contributed by atoms with van der Waals surface area (Å²) in [5, 5.41) is 8.81. The molecule has 0 rings (SSSR count). The number of hydrogen-bond donors (Lipinski definition) is 1. The Kier molecular flexibility index (Phi) is 5.01. The van der Waals surface area contributed by atoms with Gasteiger partial charge < -0.3 is 14.4 Å². The summed E-state index contributed by atoms with van der Waals surface area (Å²) in [5.74, 6) is -1.03. The zero-order valence-electron chi connectivity index (χ0n) is 6.95. The van der Waals surface area contributed by atoms with E-state index >= 15 is 0 Å². The van der Waals surface area contributed by atoms with Crippen LogP contribution in [0.4, 0.5) is 0 Å². The Hall–Kier alpha value is -0.480. The topological polar surface area (TPSA) is 55.8 Å². The number of hydrogen-bond acceptors (Lipinski definition) is 3. The Bertz CT molecular complexity index is 144. The standard InChI is InChI=1S/C6H10B2O4/c1-2-6(3-11-7,4-12-8)5(9)10/h2-4H2,1H3,(H,9,10). The third kappa shape index (κ3) is 2.53. The second kappa shape index (κ2) is 5.22.